The van der Waals surface area contributed by atoms with E-state index in [0.29, 0.717) is 6.61 Å². The first-order chi connectivity index (χ1) is 7.97. The highest BCUT2D eigenvalue weighted by Gasteiger charge is 2.32. The maximum absolute atomic E-state index is 12.1. The van der Waals surface area contributed by atoms with Gasteiger partial charge in [-0.15, -0.1) is 0 Å². The lowest BCUT2D eigenvalue weighted by Crippen LogP contribution is -2.39. The highest BCUT2D eigenvalue weighted by atomic mass is 19.4. The molecule has 1 aromatic carbocycles. The summed E-state index contributed by atoms with van der Waals surface area (Å²) in [7, 11) is 0. The maximum atomic E-state index is 12.1. The normalized spacial score (nSPS) is 20.8. The van der Waals surface area contributed by atoms with Gasteiger partial charge in [-0.05, 0) is 13.0 Å². The van der Waals surface area contributed by atoms with Crippen LogP contribution in [0.5, 0.6) is 5.75 Å². The molecule has 0 radical (unpaired) electrons. The predicted octanol–water partition coefficient (Wildman–Crippen LogP) is 2.70. The highest BCUT2D eigenvalue weighted by Crippen LogP contribution is 2.35. The van der Waals surface area contributed by atoms with Gasteiger partial charge in [0.15, 0.2) is 0 Å². The summed E-state index contributed by atoms with van der Waals surface area (Å²) in [6.07, 6.45) is -4.17. The molecule has 0 spiro atoms. The smallest absolute Gasteiger partial charge is 0.401 e. The number of nitrogens with one attached hydrogen (secondary N) is 1. The van der Waals surface area contributed by atoms with Crippen LogP contribution in [0.25, 0.3) is 0 Å². The van der Waals surface area contributed by atoms with Crippen molar-refractivity contribution in [2.24, 2.45) is 0 Å². The van der Waals surface area contributed by atoms with Crippen molar-refractivity contribution in [3.05, 3.63) is 29.8 Å². The van der Waals surface area contributed by atoms with Gasteiger partial charge in [-0.1, -0.05) is 18.2 Å². The minimum Gasteiger partial charge on any atom is -0.493 e. The zero-order chi connectivity index (χ0) is 12.5. The van der Waals surface area contributed by atoms with Crippen molar-refractivity contribution in [2.45, 2.75) is 25.1 Å². The van der Waals surface area contributed by atoms with Gasteiger partial charge < -0.3 is 10.1 Å². The average Bonchev–Trinajstić information content (AvgIpc) is 2.68. The van der Waals surface area contributed by atoms with Gasteiger partial charge in [0.2, 0.25) is 0 Å². The van der Waals surface area contributed by atoms with Crippen molar-refractivity contribution in [3.63, 3.8) is 0 Å². The number of halogens is 3. The summed E-state index contributed by atoms with van der Waals surface area (Å²) in [5.74, 6) is 0.756. The van der Waals surface area contributed by atoms with E-state index >= 15 is 0 Å². The van der Waals surface area contributed by atoms with Crippen molar-refractivity contribution in [2.75, 3.05) is 13.2 Å². The molecule has 1 aliphatic heterocycles. The number of fused-ring (bicyclic) bond motifs is 1. The van der Waals surface area contributed by atoms with Gasteiger partial charge in [-0.25, -0.2) is 0 Å². The predicted molar refractivity (Wildman–Crippen MR) is 58.2 cm³/mol. The summed E-state index contributed by atoms with van der Waals surface area (Å²) < 4.78 is 41.8. The number of hydrogen-bond acceptors (Lipinski definition) is 2. The molecule has 0 saturated heterocycles. The molecule has 94 valence electrons. The van der Waals surface area contributed by atoms with Crippen LogP contribution in [0.15, 0.2) is 24.3 Å². The third-order valence-corrected chi connectivity index (χ3v) is 2.96. The Balaban J connectivity index is 2.00. The molecule has 0 aromatic heterocycles. The molecular weight excluding hydrogens is 231 g/mol. The number of ether oxygens (including phenoxy) is 1. The molecule has 0 unspecified atom stereocenters. The molecular formula is C12H14F3NO. The zero-order valence-electron chi connectivity index (χ0n) is 9.42. The number of benzene rings is 1. The molecule has 0 fully saturated rings. The lowest BCUT2D eigenvalue weighted by atomic mass is 9.94. The Kier molecular flexibility index (Phi) is 3.28. The lowest BCUT2D eigenvalue weighted by molar-refractivity contribution is -0.126. The molecule has 5 heteroatoms. The number of alkyl halides is 3. The molecule has 0 bridgehead atoms. The topological polar surface area (TPSA) is 21.3 Å². The van der Waals surface area contributed by atoms with E-state index in [2.05, 4.69) is 5.32 Å². The van der Waals surface area contributed by atoms with Crippen LogP contribution in [0, 0.1) is 0 Å². The van der Waals surface area contributed by atoms with E-state index in [4.69, 9.17) is 4.74 Å². The first-order valence-corrected chi connectivity index (χ1v) is 5.49. The highest BCUT2D eigenvalue weighted by molar-refractivity contribution is 5.40. The Bertz CT molecular complexity index is 392. The van der Waals surface area contributed by atoms with E-state index in [0.717, 1.165) is 11.3 Å². The Hall–Kier alpha value is -1.23. The zero-order valence-corrected chi connectivity index (χ0v) is 9.42. The summed E-state index contributed by atoms with van der Waals surface area (Å²) in [4.78, 5) is 0. The van der Waals surface area contributed by atoms with Crippen LogP contribution in [0.4, 0.5) is 13.2 Å². The molecule has 0 saturated carbocycles. The fourth-order valence-electron chi connectivity index (χ4n) is 2.02. The van der Waals surface area contributed by atoms with Crippen LogP contribution < -0.4 is 10.1 Å². The second-order valence-electron chi connectivity index (χ2n) is 4.24. The number of hydrogen-bond donors (Lipinski definition) is 1. The number of rotatable bonds is 3. The summed E-state index contributed by atoms with van der Waals surface area (Å²) in [5.41, 5.74) is 0.981. The molecule has 2 rings (SSSR count). The van der Waals surface area contributed by atoms with Crippen molar-refractivity contribution < 1.29 is 17.9 Å². The van der Waals surface area contributed by atoms with Gasteiger partial charge >= 0.3 is 6.18 Å². The van der Waals surface area contributed by atoms with Crippen LogP contribution in [0.1, 0.15) is 18.4 Å². The maximum Gasteiger partial charge on any atom is 0.401 e. The van der Waals surface area contributed by atoms with Crippen LogP contribution in [0.3, 0.4) is 0 Å². The van der Waals surface area contributed by atoms with Gasteiger partial charge in [0.1, 0.15) is 5.75 Å². The molecule has 2 atom stereocenters. The Labute approximate surface area is 97.8 Å². The van der Waals surface area contributed by atoms with Crippen molar-refractivity contribution in [3.8, 4) is 5.75 Å². The minimum atomic E-state index is -4.17. The Morgan fingerprint density at radius 3 is 2.82 bits per heavy atom. The molecule has 0 aliphatic carbocycles. The first-order valence-electron chi connectivity index (χ1n) is 5.49. The molecule has 1 N–H and O–H groups in total. The van der Waals surface area contributed by atoms with Crippen LogP contribution in [0.2, 0.25) is 0 Å². The second kappa shape index (κ2) is 4.56. The second-order valence-corrected chi connectivity index (χ2v) is 4.24. The third-order valence-electron chi connectivity index (χ3n) is 2.96. The van der Waals surface area contributed by atoms with Gasteiger partial charge in [0, 0.05) is 17.5 Å². The molecule has 1 aliphatic rings. The van der Waals surface area contributed by atoms with E-state index in [1.54, 1.807) is 6.92 Å². The minimum absolute atomic E-state index is 0.0199. The molecule has 0 amide bonds. The summed E-state index contributed by atoms with van der Waals surface area (Å²) in [5, 5.41) is 2.50. The van der Waals surface area contributed by atoms with Gasteiger partial charge in [0.05, 0.1) is 13.2 Å². The van der Waals surface area contributed by atoms with Crippen LogP contribution in [-0.2, 0) is 0 Å². The molecule has 2 nitrogen and oxygen atoms in total. The molecule has 1 aromatic rings. The quantitative estimate of drug-likeness (QED) is 0.884. The van der Waals surface area contributed by atoms with E-state index in [9.17, 15) is 13.2 Å². The summed E-state index contributed by atoms with van der Waals surface area (Å²) >= 11 is 0. The molecule has 17 heavy (non-hydrogen) atoms. The van der Waals surface area contributed by atoms with E-state index < -0.39 is 12.7 Å². The van der Waals surface area contributed by atoms with Gasteiger partial charge in [0.25, 0.3) is 0 Å². The lowest BCUT2D eigenvalue weighted by Gasteiger charge is -2.20. The van der Waals surface area contributed by atoms with Crippen molar-refractivity contribution >= 4 is 0 Å². The SMILES string of the molecule is C[C@H](NCC(F)(F)F)[C@@H]1COc2ccccc21. The average molecular weight is 245 g/mol. The first kappa shape index (κ1) is 12.2. The molecule has 1 heterocycles. The summed E-state index contributed by atoms with van der Waals surface area (Å²) in [6.45, 7) is 1.22. The third kappa shape index (κ3) is 2.91. The van der Waals surface area contributed by atoms with Gasteiger partial charge in [-0.2, -0.15) is 13.2 Å². The van der Waals surface area contributed by atoms with Crippen LogP contribution in [-0.4, -0.2) is 25.4 Å². The van der Waals surface area contributed by atoms with Crippen molar-refractivity contribution in [1.29, 1.82) is 0 Å². The van der Waals surface area contributed by atoms with E-state index in [-0.39, 0.29) is 12.0 Å². The van der Waals surface area contributed by atoms with Crippen molar-refractivity contribution in [1.82, 2.24) is 5.32 Å². The summed E-state index contributed by atoms with van der Waals surface area (Å²) in [6, 6.07) is 7.21. The van der Waals surface area contributed by atoms with Crippen LogP contribution >= 0.6 is 0 Å². The standard InChI is InChI=1S/C12H14F3NO/c1-8(16-7-12(13,14)15)10-6-17-11-5-3-2-4-9(10)11/h2-5,8,10,16H,6-7H2,1H3/t8-,10-/m0/s1. The Morgan fingerprint density at radius 2 is 2.12 bits per heavy atom. The van der Waals surface area contributed by atoms with E-state index in [1.807, 2.05) is 24.3 Å². The van der Waals surface area contributed by atoms with Gasteiger partial charge in [-0.3, -0.25) is 0 Å². The largest absolute Gasteiger partial charge is 0.493 e. The Morgan fingerprint density at radius 1 is 1.41 bits per heavy atom. The fourth-order valence-corrected chi connectivity index (χ4v) is 2.02. The van der Waals surface area contributed by atoms with E-state index in [1.165, 1.54) is 0 Å². The fraction of sp³-hybridized carbons (Fsp3) is 0.500. The monoisotopic (exact) mass is 245 g/mol. The number of para-hydroxylation sites is 1.